The molecule has 0 aliphatic heterocycles. The fraction of sp³-hybridized carbons (Fsp3) is 0.692. The van der Waals surface area contributed by atoms with Gasteiger partial charge in [0.1, 0.15) is 0 Å². The minimum absolute atomic E-state index is 0.0814. The molecule has 0 aromatic carbocycles. The van der Waals surface area contributed by atoms with Crippen LogP contribution in [0, 0.1) is 0 Å². The molecular formula is C13H24N4O. The van der Waals surface area contributed by atoms with Crippen molar-refractivity contribution in [3.05, 3.63) is 18.7 Å². The van der Waals surface area contributed by atoms with Gasteiger partial charge in [0, 0.05) is 31.5 Å². The second kappa shape index (κ2) is 8.69. The molecular weight excluding hydrogens is 228 g/mol. The molecule has 1 heterocycles. The number of amides is 1. The highest BCUT2D eigenvalue weighted by Crippen LogP contribution is 1.94. The Labute approximate surface area is 109 Å². The first-order valence-corrected chi connectivity index (χ1v) is 6.68. The molecule has 1 aromatic heterocycles. The third-order valence-corrected chi connectivity index (χ3v) is 2.95. The first kappa shape index (κ1) is 14.7. The predicted octanol–water partition coefficient (Wildman–Crippen LogP) is 1.17. The maximum atomic E-state index is 11.5. The Bertz CT molecular complexity index is 324. The van der Waals surface area contributed by atoms with Crippen LogP contribution in [-0.4, -0.2) is 34.6 Å². The lowest BCUT2D eigenvalue weighted by Gasteiger charge is -2.11. The summed E-state index contributed by atoms with van der Waals surface area (Å²) in [6.07, 6.45) is 8.63. The van der Waals surface area contributed by atoms with Crippen molar-refractivity contribution < 1.29 is 4.79 Å². The van der Waals surface area contributed by atoms with Crippen LogP contribution in [0.2, 0.25) is 0 Å². The summed E-state index contributed by atoms with van der Waals surface area (Å²) in [5.41, 5.74) is 0. The van der Waals surface area contributed by atoms with E-state index in [1.54, 1.807) is 6.20 Å². The zero-order chi connectivity index (χ0) is 13.2. The van der Waals surface area contributed by atoms with Gasteiger partial charge in [-0.15, -0.1) is 0 Å². The molecule has 1 atom stereocenters. The molecule has 0 saturated heterocycles. The summed E-state index contributed by atoms with van der Waals surface area (Å²) >= 11 is 0. The Kier molecular flexibility index (Phi) is 7.10. The number of nitrogens with zero attached hydrogens (tertiary/aromatic N) is 2. The highest BCUT2D eigenvalue weighted by molar-refractivity contribution is 5.77. The van der Waals surface area contributed by atoms with Gasteiger partial charge < -0.3 is 15.2 Å². The van der Waals surface area contributed by atoms with E-state index >= 15 is 0 Å². The van der Waals surface area contributed by atoms with E-state index in [2.05, 4.69) is 29.5 Å². The summed E-state index contributed by atoms with van der Waals surface area (Å²) in [5, 5.41) is 6.09. The summed E-state index contributed by atoms with van der Waals surface area (Å²) in [6.45, 7) is 6.30. The number of hydrogen-bond donors (Lipinski definition) is 2. The number of rotatable bonds is 9. The van der Waals surface area contributed by atoms with E-state index in [4.69, 9.17) is 0 Å². The minimum atomic E-state index is 0.0814. The molecule has 2 N–H and O–H groups in total. The molecule has 0 aliphatic carbocycles. The third-order valence-electron chi connectivity index (χ3n) is 2.95. The molecule has 0 aliphatic rings. The van der Waals surface area contributed by atoms with Crippen LogP contribution in [0.4, 0.5) is 0 Å². The molecule has 0 spiro atoms. The van der Waals surface area contributed by atoms with Crippen molar-refractivity contribution in [3.63, 3.8) is 0 Å². The molecule has 1 aromatic rings. The van der Waals surface area contributed by atoms with Crippen molar-refractivity contribution in [3.8, 4) is 0 Å². The monoisotopic (exact) mass is 252 g/mol. The lowest BCUT2D eigenvalue weighted by molar-refractivity contribution is -0.120. The maximum absolute atomic E-state index is 11.5. The molecule has 0 radical (unpaired) electrons. The quantitative estimate of drug-likeness (QED) is 0.649. The van der Waals surface area contributed by atoms with Crippen LogP contribution in [0.25, 0.3) is 0 Å². The highest BCUT2D eigenvalue weighted by atomic mass is 16.1. The van der Waals surface area contributed by atoms with Crippen molar-refractivity contribution in [2.24, 2.45) is 0 Å². The van der Waals surface area contributed by atoms with E-state index in [9.17, 15) is 4.79 Å². The fourth-order valence-electron chi connectivity index (χ4n) is 1.54. The fourth-order valence-corrected chi connectivity index (χ4v) is 1.54. The van der Waals surface area contributed by atoms with Gasteiger partial charge in [0.15, 0.2) is 0 Å². The molecule has 5 heteroatoms. The minimum Gasteiger partial charge on any atom is -0.355 e. The first-order chi connectivity index (χ1) is 8.72. The molecule has 0 saturated carbocycles. The largest absolute Gasteiger partial charge is 0.355 e. The van der Waals surface area contributed by atoms with Crippen LogP contribution in [0.3, 0.4) is 0 Å². The van der Waals surface area contributed by atoms with E-state index in [1.807, 2.05) is 17.1 Å². The Morgan fingerprint density at radius 2 is 2.28 bits per heavy atom. The van der Waals surface area contributed by atoms with Crippen molar-refractivity contribution in [2.45, 2.75) is 45.7 Å². The van der Waals surface area contributed by atoms with Gasteiger partial charge in [-0.3, -0.25) is 4.79 Å². The summed E-state index contributed by atoms with van der Waals surface area (Å²) in [4.78, 5) is 15.4. The van der Waals surface area contributed by atoms with Crippen LogP contribution in [-0.2, 0) is 11.3 Å². The Morgan fingerprint density at radius 3 is 2.94 bits per heavy atom. The van der Waals surface area contributed by atoms with Crippen molar-refractivity contribution in [1.82, 2.24) is 20.2 Å². The molecule has 18 heavy (non-hydrogen) atoms. The number of carbonyl (C=O) groups is 1. The predicted molar refractivity (Wildman–Crippen MR) is 72.2 cm³/mol. The van der Waals surface area contributed by atoms with Gasteiger partial charge in [0.05, 0.1) is 12.9 Å². The van der Waals surface area contributed by atoms with Crippen LogP contribution in [0.15, 0.2) is 18.7 Å². The number of nitrogens with one attached hydrogen (secondary N) is 2. The normalized spacial score (nSPS) is 12.3. The molecule has 0 bridgehead atoms. The van der Waals surface area contributed by atoms with E-state index in [0.29, 0.717) is 12.6 Å². The zero-order valence-electron chi connectivity index (χ0n) is 11.4. The van der Waals surface area contributed by atoms with Crippen molar-refractivity contribution in [1.29, 1.82) is 0 Å². The Balaban J connectivity index is 1.95. The summed E-state index contributed by atoms with van der Waals surface area (Å²) in [5.74, 6) is 0.0814. The average molecular weight is 252 g/mol. The lowest BCUT2D eigenvalue weighted by Crippen LogP contribution is -2.38. The summed E-state index contributed by atoms with van der Waals surface area (Å²) in [6, 6.07) is 0.400. The Morgan fingerprint density at radius 1 is 1.44 bits per heavy atom. The topological polar surface area (TPSA) is 59.0 Å². The van der Waals surface area contributed by atoms with Gasteiger partial charge in [0.2, 0.25) is 5.91 Å². The molecule has 102 valence electrons. The third kappa shape index (κ3) is 6.39. The number of aromatic nitrogens is 2. The van der Waals surface area contributed by atoms with Crippen molar-refractivity contribution in [2.75, 3.05) is 13.1 Å². The highest BCUT2D eigenvalue weighted by Gasteiger charge is 2.02. The van der Waals surface area contributed by atoms with E-state index in [0.717, 1.165) is 32.4 Å². The van der Waals surface area contributed by atoms with Crippen LogP contribution < -0.4 is 10.6 Å². The van der Waals surface area contributed by atoms with Crippen LogP contribution in [0.5, 0.6) is 0 Å². The molecule has 1 unspecified atom stereocenters. The SMILES string of the molecule is CCC(C)NCC(=O)NCCCCn1ccnc1. The second-order valence-corrected chi connectivity index (χ2v) is 4.55. The number of carbonyl (C=O) groups excluding carboxylic acids is 1. The standard InChI is InChI=1S/C13H24N4O/c1-3-12(2)16-10-13(18)15-6-4-5-8-17-9-7-14-11-17/h7,9,11-12,16H,3-6,8,10H2,1-2H3,(H,15,18). The number of imidazole rings is 1. The van der Waals surface area contributed by atoms with Gasteiger partial charge in [-0.2, -0.15) is 0 Å². The van der Waals surface area contributed by atoms with Crippen LogP contribution in [0.1, 0.15) is 33.1 Å². The van der Waals surface area contributed by atoms with E-state index in [1.165, 1.54) is 0 Å². The second-order valence-electron chi connectivity index (χ2n) is 4.55. The average Bonchev–Trinajstić information content (AvgIpc) is 2.88. The van der Waals surface area contributed by atoms with Gasteiger partial charge in [-0.05, 0) is 26.2 Å². The molecule has 5 nitrogen and oxygen atoms in total. The molecule has 1 amide bonds. The maximum Gasteiger partial charge on any atom is 0.233 e. The van der Waals surface area contributed by atoms with Gasteiger partial charge in [-0.1, -0.05) is 6.92 Å². The van der Waals surface area contributed by atoms with Gasteiger partial charge in [-0.25, -0.2) is 4.98 Å². The number of aryl methyl sites for hydroxylation is 1. The molecule has 0 fully saturated rings. The number of unbranched alkanes of at least 4 members (excludes halogenated alkanes) is 1. The first-order valence-electron chi connectivity index (χ1n) is 6.68. The van der Waals surface area contributed by atoms with Gasteiger partial charge in [0.25, 0.3) is 0 Å². The van der Waals surface area contributed by atoms with Gasteiger partial charge >= 0.3 is 0 Å². The summed E-state index contributed by atoms with van der Waals surface area (Å²) < 4.78 is 2.05. The summed E-state index contributed by atoms with van der Waals surface area (Å²) in [7, 11) is 0. The van der Waals surface area contributed by atoms with Crippen LogP contribution >= 0.6 is 0 Å². The van der Waals surface area contributed by atoms with Crippen molar-refractivity contribution >= 4 is 5.91 Å². The lowest BCUT2D eigenvalue weighted by atomic mass is 10.2. The Hall–Kier alpha value is -1.36. The smallest absolute Gasteiger partial charge is 0.233 e. The number of hydrogen-bond acceptors (Lipinski definition) is 3. The van der Waals surface area contributed by atoms with E-state index in [-0.39, 0.29) is 5.91 Å². The van der Waals surface area contributed by atoms with E-state index < -0.39 is 0 Å². The zero-order valence-corrected chi connectivity index (χ0v) is 11.4. The molecule has 1 rings (SSSR count).